The Morgan fingerprint density at radius 3 is 2.33 bits per heavy atom. The number of esters is 1. The van der Waals surface area contributed by atoms with Gasteiger partial charge in [-0.1, -0.05) is 64.2 Å². The first-order valence-electron chi connectivity index (χ1n) is 9.20. The molecule has 0 radical (unpaired) electrons. The van der Waals surface area contributed by atoms with E-state index >= 15 is 0 Å². The standard InChI is InChI=1S/C21H32O3/c1-4-6-7-8-9-10-11-12-19-13-15-20(16-14-19)23-17-18(3)24-21(22)5-2/h5,13-16,18H,2,4,6-12,17H2,1,3H3. The van der Waals surface area contributed by atoms with Crippen LogP contribution in [0.3, 0.4) is 0 Å². The molecule has 0 amide bonds. The highest BCUT2D eigenvalue weighted by Crippen LogP contribution is 2.15. The molecule has 1 aromatic rings. The highest BCUT2D eigenvalue weighted by Gasteiger charge is 2.07. The molecule has 1 unspecified atom stereocenters. The number of carbonyl (C=O) groups excluding carboxylic acids is 1. The van der Waals surface area contributed by atoms with E-state index in [1.165, 1.54) is 50.5 Å². The van der Waals surface area contributed by atoms with Crippen LogP contribution in [-0.2, 0) is 16.0 Å². The summed E-state index contributed by atoms with van der Waals surface area (Å²) in [6, 6.07) is 8.21. The number of unbranched alkanes of at least 4 members (excludes halogenated alkanes) is 6. The van der Waals surface area contributed by atoms with Crippen molar-refractivity contribution in [1.29, 1.82) is 0 Å². The maximum Gasteiger partial charge on any atom is 0.330 e. The van der Waals surface area contributed by atoms with Gasteiger partial charge in [0, 0.05) is 6.08 Å². The van der Waals surface area contributed by atoms with Gasteiger partial charge in [-0.2, -0.15) is 0 Å². The lowest BCUT2D eigenvalue weighted by atomic mass is 10.0. The van der Waals surface area contributed by atoms with Gasteiger partial charge < -0.3 is 9.47 Å². The fourth-order valence-electron chi connectivity index (χ4n) is 2.53. The van der Waals surface area contributed by atoms with Crippen LogP contribution in [0.15, 0.2) is 36.9 Å². The van der Waals surface area contributed by atoms with Gasteiger partial charge in [0.15, 0.2) is 0 Å². The predicted molar refractivity (Wildman–Crippen MR) is 99.4 cm³/mol. The number of rotatable bonds is 13. The molecular weight excluding hydrogens is 300 g/mol. The Labute approximate surface area is 147 Å². The van der Waals surface area contributed by atoms with Crippen molar-refractivity contribution < 1.29 is 14.3 Å². The van der Waals surface area contributed by atoms with Crippen LogP contribution < -0.4 is 4.74 Å². The summed E-state index contributed by atoms with van der Waals surface area (Å²) >= 11 is 0. The van der Waals surface area contributed by atoms with E-state index in [1.54, 1.807) is 6.92 Å². The Morgan fingerprint density at radius 2 is 1.71 bits per heavy atom. The second-order valence-corrected chi connectivity index (χ2v) is 6.28. The Balaban J connectivity index is 2.18. The summed E-state index contributed by atoms with van der Waals surface area (Å²) in [6.07, 6.45) is 11.3. The van der Waals surface area contributed by atoms with E-state index in [9.17, 15) is 4.79 Å². The summed E-state index contributed by atoms with van der Waals surface area (Å²) in [4.78, 5) is 11.1. The molecule has 0 N–H and O–H groups in total. The largest absolute Gasteiger partial charge is 0.490 e. The van der Waals surface area contributed by atoms with Gasteiger partial charge in [-0.25, -0.2) is 4.79 Å². The van der Waals surface area contributed by atoms with E-state index < -0.39 is 5.97 Å². The molecule has 3 nitrogen and oxygen atoms in total. The molecule has 1 aromatic carbocycles. The molecule has 134 valence electrons. The van der Waals surface area contributed by atoms with Crippen molar-refractivity contribution in [3.8, 4) is 5.75 Å². The second kappa shape index (κ2) is 12.6. The lowest BCUT2D eigenvalue weighted by Gasteiger charge is -2.13. The number of ether oxygens (including phenoxy) is 2. The molecule has 0 aliphatic rings. The van der Waals surface area contributed by atoms with Crippen LogP contribution in [0.25, 0.3) is 0 Å². The van der Waals surface area contributed by atoms with Crippen molar-refractivity contribution in [2.24, 2.45) is 0 Å². The first kappa shape index (κ1) is 20.3. The van der Waals surface area contributed by atoms with Crippen LogP contribution in [-0.4, -0.2) is 18.7 Å². The third-order valence-electron chi connectivity index (χ3n) is 3.96. The zero-order chi connectivity index (χ0) is 17.6. The summed E-state index contributed by atoms with van der Waals surface area (Å²) in [5, 5.41) is 0. The van der Waals surface area contributed by atoms with Crippen LogP contribution in [0.2, 0.25) is 0 Å². The molecule has 0 saturated heterocycles. The van der Waals surface area contributed by atoms with Crippen molar-refractivity contribution in [2.45, 2.75) is 71.3 Å². The minimum atomic E-state index is -0.420. The predicted octanol–water partition coefficient (Wildman–Crippen LogP) is 5.48. The highest BCUT2D eigenvalue weighted by molar-refractivity contribution is 5.81. The maximum atomic E-state index is 11.1. The zero-order valence-corrected chi connectivity index (χ0v) is 15.3. The third kappa shape index (κ3) is 9.39. The molecule has 0 spiro atoms. The number of hydrogen-bond donors (Lipinski definition) is 0. The van der Waals surface area contributed by atoms with E-state index in [-0.39, 0.29) is 6.10 Å². The van der Waals surface area contributed by atoms with Gasteiger partial charge in [-0.05, 0) is 37.5 Å². The minimum absolute atomic E-state index is 0.289. The Bertz CT molecular complexity index is 464. The molecule has 0 heterocycles. The number of hydrogen-bond acceptors (Lipinski definition) is 3. The van der Waals surface area contributed by atoms with Crippen LogP contribution in [0.1, 0.15) is 64.4 Å². The number of aryl methyl sites for hydroxylation is 1. The summed E-state index contributed by atoms with van der Waals surface area (Å²) in [6.45, 7) is 7.77. The van der Waals surface area contributed by atoms with Gasteiger partial charge >= 0.3 is 5.97 Å². The molecule has 0 aromatic heterocycles. The second-order valence-electron chi connectivity index (χ2n) is 6.28. The highest BCUT2D eigenvalue weighted by atomic mass is 16.6. The van der Waals surface area contributed by atoms with Crippen molar-refractivity contribution >= 4 is 5.97 Å². The SMILES string of the molecule is C=CC(=O)OC(C)COc1ccc(CCCCCCCCC)cc1. The lowest BCUT2D eigenvalue weighted by Crippen LogP contribution is -2.20. The summed E-state index contributed by atoms with van der Waals surface area (Å²) < 4.78 is 10.7. The topological polar surface area (TPSA) is 35.5 Å². The first-order chi connectivity index (χ1) is 11.7. The molecule has 0 bridgehead atoms. The molecule has 0 saturated carbocycles. The summed E-state index contributed by atoms with van der Waals surface area (Å²) in [5.74, 6) is 0.385. The molecule has 1 rings (SSSR count). The molecule has 24 heavy (non-hydrogen) atoms. The van der Waals surface area contributed by atoms with E-state index in [4.69, 9.17) is 9.47 Å². The van der Waals surface area contributed by atoms with Crippen molar-refractivity contribution in [2.75, 3.05) is 6.61 Å². The van der Waals surface area contributed by atoms with Gasteiger partial charge in [0.25, 0.3) is 0 Å². The third-order valence-corrected chi connectivity index (χ3v) is 3.96. The van der Waals surface area contributed by atoms with Crippen molar-refractivity contribution in [3.63, 3.8) is 0 Å². The molecule has 0 aliphatic heterocycles. The Kier molecular flexibility index (Phi) is 10.7. The van der Waals surface area contributed by atoms with E-state index in [1.807, 2.05) is 12.1 Å². The van der Waals surface area contributed by atoms with E-state index in [2.05, 4.69) is 25.6 Å². The van der Waals surface area contributed by atoms with Gasteiger partial charge in [0.2, 0.25) is 0 Å². The molecule has 1 atom stereocenters. The molecular formula is C21H32O3. The van der Waals surface area contributed by atoms with Gasteiger partial charge in [0.05, 0.1) is 0 Å². The van der Waals surface area contributed by atoms with Crippen molar-refractivity contribution in [3.05, 3.63) is 42.5 Å². The smallest absolute Gasteiger partial charge is 0.330 e. The fraction of sp³-hybridized carbons (Fsp3) is 0.571. The first-order valence-corrected chi connectivity index (χ1v) is 9.20. The van der Waals surface area contributed by atoms with Gasteiger partial charge in [-0.3, -0.25) is 0 Å². The zero-order valence-electron chi connectivity index (χ0n) is 15.3. The van der Waals surface area contributed by atoms with E-state index in [0.29, 0.717) is 6.61 Å². The number of benzene rings is 1. The van der Waals surface area contributed by atoms with Crippen LogP contribution in [0.5, 0.6) is 5.75 Å². The Hall–Kier alpha value is -1.77. The van der Waals surface area contributed by atoms with E-state index in [0.717, 1.165) is 18.2 Å². The van der Waals surface area contributed by atoms with Gasteiger partial charge in [-0.15, -0.1) is 0 Å². The summed E-state index contributed by atoms with van der Waals surface area (Å²) in [7, 11) is 0. The lowest BCUT2D eigenvalue weighted by molar-refractivity contribution is -0.143. The Morgan fingerprint density at radius 1 is 1.08 bits per heavy atom. The van der Waals surface area contributed by atoms with Crippen LogP contribution in [0.4, 0.5) is 0 Å². The quantitative estimate of drug-likeness (QED) is 0.273. The average Bonchev–Trinajstić information content (AvgIpc) is 2.60. The van der Waals surface area contributed by atoms with Gasteiger partial charge in [0.1, 0.15) is 18.5 Å². The number of carbonyl (C=O) groups is 1. The summed E-state index contributed by atoms with van der Waals surface area (Å²) in [5.41, 5.74) is 1.35. The van der Waals surface area contributed by atoms with Crippen molar-refractivity contribution in [1.82, 2.24) is 0 Å². The fourth-order valence-corrected chi connectivity index (χ4v) is 2.53. The monoisotopic (exact) mass is 332 g/mol. The van der Waals surface area contributed by atoms with Crippen LogP contribution >= 0.6 is 0 Å². The molecule has 0 aliphatic carbocycles. The molecule has 0 fully saturated rings. The molecule has 3 heteroatoms. The minimum Gasteiger partial charge on any atom is -0.490 e. The average molecular weight is 332 g/mol. The maximum absolute atomic E-state index is 11.1. The normalized spacial score (nSPS) is 11.8. The van der Waals surface area contributed by atoms with Crippen LogP contribution in [0, 0.1) is 0 Å².